The number of halogens is 1. The lowest BCUT2D eigenvalue weighted by atomic mass is 10.1. The molecule has 1 aliphatic rings. The second kappa shape index (κ2) is 4.07. The average Bonchev–Trinajstić information content (AvgIpc) is 2.72. The van der Waals surface area contributed by atoms with E-state index in [9.17, 15) is 0 Å². The molecule has 0 bridgehead atoms. The fourth-order valence-corrected chi connectivity index (χ4v) is 3.94. The van der Waals surface area contributed by atoms with Gasteiger partial charge in [-0.1, -0.05) is 11.6 Å². The van der Waals surface area contributed by atoms with E-state index in [1.54, 1.807) is 11.3 Å². The van der Waals surface area contributed by atoms with Crippen molar-refractivity contribution in [1.29, 1.82) is 0 Å². The van der Waals surface area contributed by atoms with Gasteiger partial charge in [0.15, 0.2) is 0 Å². The van der Waals surface area contributed by atoms with Crippen LogP contribution in [0.1, 0.15) is 37.6 Å². The first kappa shape index (κ1) is 12.2. The Bertz CT molecular complexity index is 613. The molecule has 96 valence electrons. The highest BCUT2D eigenvalue weighted by Gasteiger charge is 2.22. The van der Waals surface area contributed by atoms with Crippen LogP contribution in [0.15, 0.2) is 0 Å². The third kappa shape index (κ3) is 2.08. The summed E-state index contributed by atoms with van der Waals surface area (Å²) >= 11 is 8.10. The Morgan fingerprint density at radius 3 is 2.72 bits per heavy atom. The molecule has 0 fully saturated rings. The maximum Gasteiger partial charge on any atom is 0.225 e. The average molecular weight is 282 g/mol. The highest BCUT2D eigenvalue weighted by Crippen LogP contribution is 2.39. The minimum Gasteiger partial charge on any atom is -0.350 e. The fraction of sp³-hybridized carbons (Fsp3) is 0.538. The SMILES string of the molecule is CC(C)(C)Nc1nc(Cl)c2c3c(sc2n1)CCC3. The van der Waals surface area contributed by atoms with Crippen molar-refractivity contribution in [3.05, 3.63) is 15.6 Å². The van der Waals surface area contributed by atoms with Gasteiger partial charge in [0.25, 0.3) is 0 Å². The Hall–Kier alpha value is -0.870. The standard InChI is InChI=1S/C13H16ClN3S/c1-13(2,3)17-12-15-10(14)9-7-5-4-6-8(7)18-11(9)16-12/h4-6H2,1-3H3,(H,15,16,17). The number of nitrogens with one attached hydrogen (secondary N) is 1. The fourth-order valence-electron chi connectivity index (χ4n) is 2.34. The molecule has 1 N–H and O–H groups in total. The van der Waals surface area contributed by atoms with Crippen LogP contribution in [0, 0.1) is 0 Å². The molecule has 2 heterocycles. The van der Waals surface area contributed by atoms with Crippen molar-refractivity contribution in [3.8, 4) is 0 Å². The maximum atomic E-state index is 6.33. The van der Waals surface area contributed by atoms with Crippen molar-refractivity contribution in [1.82, 2.24) is 9.97 Å². The van der Waals surface area contributed by atoms with Gasteiger partial charge in [-0.2, -0.15) is 0 Å². The van der Waals surface area contributed by atoms with Gasteiger partial charge >= 0.3 is 0 Å². The summed E-state index contributed by atoms with van der Waals surface area (Å²) in [6.45, 7) is 6.26. The number of nitrogens with zero attached hydrogens (tertiary/aromatic N) is 2. The summed E-state index contributed by atoms with van der Waals surface area (Å²) in [7, 11) is 0. The van der Waals surface area contributed by atoms with Crippen molar-refractivity contribution in [2.75, 3.05) is 5.32 Å². The monoisotopic (exact) mass is 281 g/mol. The first-order chi connectivity index (χ1) is 8.44. The molecule has 0 saturated carbocycles. The molecule has 0 aliphatic heterocycles. The van der Waals surface area contributed by atoms with E-state index in [4.69, 9.17) is 11.6 Å². The molecule has 3 nitrogen and oxygen atoms in total. The third-order valence-electron chi connectivity index (χ3n) is 3.01. The molecular weight excluding hydrogens is 266 g/mol. The minimum atomic E-state index is -0.0585. The van der Waals surface area contributed by atoms with Crippen LogP contribution in [0.5, 0.6) is 0 Å². The first-order valence-corrected chi connectivity index (χ1v) is 7.39. The van der Waals surface area contributed by atoms with Gasteiger partial charge in [-0.05, 0) is 45.6 Å². The predicted molar refractivity (Wildman–Crippen MR) is 77.8 cm³/mol. The maximum absolute atomic E-state index is 6.33. The predicted octanol–water partition coefficient (Wildman–Crippen LogP) is 4.04. The molecule has 0 aromatic carbocycles. The lowest BCUT2D eigenvalue weighted by Crippen LogP contribution is -2.27. The van der Waals surface area contributed by atoms with Gasteiger partial charge in [0.2, 0.25) is 5.95 Å². The Morgan fingerprint density at radius 1 is 1.22 bits per heavy atom. The van der Waals surface area contributed by atoms with Crippen LogP contribution in [-0.2, 0) is 12.8 Å². The number of aromatic nitrogens is 2. The largest absolute Gasteiger partial charge is 0.350 e. The second-order valence-electron chi connectivity index (χ2n) is 5.75. The Kier molecular flexibility index (Phi) is 2.75. The lowest BCUT2D eigenvalue weighted by Gasteiger charge is -2.20. The number of fused-ring (bicyclic) bond motifs is 3. The van der Waals surface area contributed by atoms with Crippen LogP contribution < -0.4 is 5.32 Å². The molecule has 3 rings (SSSR count). The zero-order chi connectivity index (χ0) is 12.9. The van der Waals surface area contributed by atoms with Crippen LogP contribution in [-0.4, -0.2) is 15.5 Å². The Labute approximate surface area is 116 Å². The van der Waals surface area contributed by atoms with Gasteiger partial charge in [-0.3, -0.25) is 0 Å². The summed E-state index contributed by atoms with van der Waals surface area (Å²) in [5.74, 6) is 0.625. The first-order valence-electron chi connectivity index (χ1n) is 6.20. The molecule has 0 saturated heterocycles. The van der Waals surface area contributed by atoms with Crippen LogP contribution in [0.4, 0.5) is 5.95 Å². The Morgan fingerprint density at radius 2 is 2.00 bits per heavy atom. The zero-order valence-electron chi connectivity index (χ0n) is 10.8. The minimum absolute atomic E-state index is 0.0585. The van der Waals surface area contributed by atoms with Crippen LogP contribution in [0.2, 0.25) is 5.15 Å². The van der Waals surface area contributed by atoms with Gasteiger partial charge in [0.1, 0.15) is 9.98 Å². The van der Waals surface area contributed by atoms with E-state index in [1.807, 2.05) is 0 Å². The van der Waals surface area contributed by atoms with Gasteiger partial charge < -0.3 is 5.32 Å². The second-order valence-corrected chi connectivity index (χ2v) is 7.19. The molecule has 0 amide bonds. The van der Waals surface area contributed by atoms with E-state index in [1.165, 1.54) is 16.9 Å². The third-order valence-corrected chi connectivity index (χ3v) is 4.47. The summed E-state index contributed by atoms with van der Waals surface area (Å²) < 4.78 is 0. The van der Waals surface area contributed by atoms with Gasteiger partial charge in [-0.15, -0.1) is 11.3 Å². The molecule has 5 heteroatoms. The number of aryl methyl sites for hydroxylation is 2. The molecule has 1 aliphatic carbocycles. The topological polar surface area (TPSA) is 37.8 Å². The number of rotatable bonds is 1. The normalized spacial score (nSPS) is 15.1. The van der Waals surface area contributed by atoms with Gasteiger partial charge in [0, 0.05) is 10.4 Å². The van der Waals surface area contributed by atoms with Crippen LogP contribution in [0.3, 0.4) is 0 Å². The molecule has 0 atom stereocenters. The summed E-state index contributed by atoms with van der Waals surface area (Å²) in [6.07, 6.45) is 3.51. The van der Waals surface area contributed by atoms with E-state index in [2.05, 4.69) is 36.1 Å². The molecule has 0 spiro atoms. The van der Waals surface area contributed by atoms with E-state index < -0.39 is 0 Å². The van der Waals surface area contributed by atoms with Crippen molar-refractivity contribution >= 4 is 39.1 Å². The van der Waals surface area contributed by atoms with Crippen LogP contribution >= 0.6 is 22.9 Å². The smallest absolute Gasteiger partial charge is 0.225 e. The highest BCUT2D eigenvalue weighted by atomic mass is 35.5. The molecular formula is C13H16ClN3S. The summed E-state index contributed by atoms with van der Waals surface area (Å²) in [4.78, 5) is 11.4. The molecule has 0 radical (unpaired) electrons. The molecule has 2 aromatic heterocycles. The van der Waals surface area contributed by atoms with E-state index in [0.717, 1.165) is 23.1 Å². The van der Waals surface area contributed by atoms with E-state index >= 15 is 0 Å². The van der Waals surface area contributed by atoms with Gasteiger partial charge in [0.05, 0.1) is 5.39 Å². The van der Waals surface area contributed by atoms with E-state index in [0.29, 0.717) is 11.1 Å². The molecule has 2 aromatic rings. The molecule has 0 unspecified atom stereocenters. The number of hydrogen-bond acceptors (Lipinski definition) is 4. The number of anilines is 1. The summed E-state index contributed by atoms with van der Waals surface area (Å²) in [5.41, 5.74) is 1.32. The number of thiophene rings is 1. The van der Waals surface area contributed by atoms with Crippen molar-refractivity contribution < 1.29 is 0 Å². The van der Waals surface area contributed by atoms with Crippen molar-refractivity contribution in [2.24, 2.45) is 0 Å². The zero-order valence-corrected chi connectivity index (χ0v) is 12.4. The lowest BCUT2D eigenvalue weighted by molar-refractivity contribution is 0.627. The quantitative estimate of drug-likeness (QED) is 0.802. The number of hydrogen-bond donors (Lipinski definition) is 1. The van der Waals surface area contributed by atoms with Crippen LogP contribution in [0.25, 0.3) is 10.2 Å². The highest BCUT2D eigenvalue weighted by molar-refractivity contribution is 7.19. The van der Waals surface area contributed by atoms with E-state index in [-0.39, 0.29) is 5.54 Å². The molecule has 18 heavy (non-hydrogen) atoms. The van der Waals surface area contributed by atoms with Crippen molar-refractivity contribution in [2.45, 2.75) is 45.6 Å². The van der Waals surface area contributed by atoms with Gasteiger partial charge in [-0.25, -0.2) is 9.97 Å². The summed E-state index contributed by atoms with van der Waals surface area (Å²) in [5, 5.41) is 4.95. The Balaban J connectivity index is 2.12. The van der Waals surface area contributed by atoms with Crippen molar-refractivity contribution in [3.63, 3.8) is 0 Å². The summed E-state index contributed by atoms with van der Waals surface area (Å²) in [6, 6.07) is 0.